The number of benzene rings is 2. The molecule has 2 aromatic rings. The molecule has 0 atom stereocenters. The molecule has 2 aromatic carbocycles. The summed E-state index contributed by atoms with van der Waals surface area (Å²) in [4.78, 5) is 13.1. The molecular formula is C16H18N2O3S2. The Balaban J connectivity index is 1.91. The normalized spacial score (nSPS) is 11.2. The summed E-state index contributed by atoms with van der Waals surface area (Å²) in [6.45, 7) is 2.01. The number of aryl methyl sites for hydroxylation is 1. The lowest BCUT2D eigenvalue weighted by molar-refractivity contribution is -0.113. The second-order valence-electron chi connectivity index (χ2n) is 4.88. The summed E-state index contributed by atoms with van der Waals surface area (Å²) < 4.78 is 25.5. The van der Waals surface area contributed by atoms with Crippen LogP contribution in [0.15, 0.2) is 58.3 Å². The van der Waals surface area contributed by atoms with E-state index >= 15 is 0 Å². The van der Waals surface area contributed by atoms with Crippen LogP contribution in [0.3, 0.4) is 0 Å². The molecule has 0 aromatic heterocycles. The minimum absolute atomic E-state index is 0.139. The molecule has 0 saturated carbocycles. The van der Waals surface area contributed by atoms with Gasteiger partial charge in [-0.25, -0.2) is 13.1 Å². The maximum Gasteiger partial charge on any atom is 0.240 e. The molecule has 0 fully saturated rings. The number of nitrogens with one attached hydrogen (secondary N) is 2. The Morgan fingerprint density at radius 3 is 2.22 bits per heavy atom. The fourth-order valence-electron chi connectivity index (χ4n) is 1.82. The van der Waals surface area contributed by atoms with Crippen molar-refractivity contribution in [3.8, 4) is 0 Å². The first-order valence-electron chi connectivity index (χ1n) is 6.93. The monoisotopic (exact) mass is 350 g/mol. The molecule has 0 heterocycles. The van der Waals surface area contributed by atoms with Crippen molar-refractivity contribution in [3.05, 3.63) is 54.1 Å². The highest BCUT2D eigenvalue weighted by molar-refractivity contribution is 8.00. The van der Waals surface area contributed by atoms with Crippen molar-refractivity contribution in [3.63, 3.8) is 0 Å². The predicted octanol–water partition coefficient (Wildman–Crippen LogP) is 2.63. The Bertz CT molecular complexity index is 770. The minimum Gasteiger partial charge on any atom is -0.325 e. The molecule has 2 N–H and O–H groups in total. The van der Waals surface area contributed by atoms with Gasteiger partial charge in [0.2, 0.25) is 15.9 Å². The van der Waals surface area contributed by atoms with E-state index in [-0.39, 0.29) is 10.8 Å². The van der Waals surface area contributed by atoms with E-state index in [1.807, 2.05) is 31.2 Å². The van der Waals surface area contributed by atoms with Crippen LogP contribution in [0, 0.1) is 6.92 Å². The van der Waals surface area contributed by atoms with Gasteiger partial charge in [-0.3, -0.25) is 4.79 Å². The maximum absolute atomic E-state index is 11.9. The van der Waals surface area contributed by atoms with Gasteiger partial charge in [0.15, 0.2) is 0 Å². The van der Waals surface area contributed by atoms with Crippen LogP contribution in [0.1, 0.15) is 5.56 Å². The topological polar surface area (TPSA) is 75.3 Å². The van der Waals surface area contributed by atoms with Gasteiger partial charge in [0, 0.05) is 10.6 Å². The summed E-state index contributed by atoms with van der Waals surface area (Å²) in [5, 5.41) is 2.75. The van der Waals surface area contributed by atoms with Crippen molar-refractivity contribution in [1.82, 2.24) is 4.72 Å². The van der Waals surface area contributed by atoms with Gasteiger partial charge < -0.3 is 5.32 Å². The summed E-state index contributed by atoms with van der Waals surface area (Å²) in [6, 6.07) is 14.0. The highest BCUT2D eigenvalue weighted by atomic mass is 32.2. The first-order valence-corrected chi connectivity index (χ1v) is 9.40. The Kier molecular flexibility index (Phi) is 5.81. The zero-order valence-electron chi connectivity index (χ0n) is 12.9. The standard InChI is InChI=1S/C16H18N2O3S2/c1-12-3-7-14(8-4-12)22-11-16(19)18-13-5-9-15(10-6-13)23(20,21)17-2/h3-10,17H,11H2,1-2H3,(H,18,19). The third kappa shape index (κ3) is 5.09. The average Bonchev–Trinajstić information content (AvgIpc) is 2.55. The smallest absolute Gasteiger partial charge is 0.240 e. The van der Waals surface area contributed by atoms with Crippen LogP contribution >= 0.6 is 11.8 Å². The highest BCUT2D eigenvalue weighted by Gasteiger charge is 2.11. The fraction of sp³-hybridized carbons (Fsp3) is 0.188. The summed E-state index contributed by atoms with van der Waals surface area (Å²) >= 11 is 1.45. The number of hydrogen-bond acceptors (Lipinski definition) is 4. The zero-order valence-corrected chi connectivity index (χ0v) is 14.5. The largest absolute Gasteiger partial charge is 0.325 e. The second kappa shape index (κ2) is 7.63. The molecule has 0 aliphatic rings. The lowest BCUT2D eigenvalue weighted by Gasteiger charge is -2.07. The molecule has 5 nitrogen and oxygen atoms in total. The van der Waals surface area contributed by atoms with E-state index in [1.165, 1.54) is 36.5 Å². The molecule has 0 radical (unpaired) electrons. The molecule has 0 saturated heterocycles. The Morgan fingerprint density at radius 2 is 1.65 bits per heavy atom. The minimum atomic E-state index is -3.46. The number of rotatable bonds is 6. The van der Waals surface area contributed by atoms with Crippen LogP contribution in [0.25, 0.3) is 0 Å². The Morgan fingerprint density at radius 1 is 1.04 bits per heavy atom. The quantitative estimate of drug-likeness (QED) is 0.786. The average molecular weight is 350 g/mol. The van der Waals surface area contributed by atoms with E-state index < -0.39 is 10.0 Å². The summed E-state index contributed by atoms with van der Waals surface area (Å²) in [5.74, 6) is 0.152. The van der Waals surface area contributed by atoms with Gasteiger partial charge in [-0.1, -0.05) is 17.7 Å². The van der Waals surface area contributed by atoms with Crippen LogP contribution < -0.4 is 10.0 Å². The number of hydrogen-bond donors (Lipinski definition) is 2. The maximum atomic E-state index is 11.9. The molecule has 0 spiro atoms. The number of sulfonamides is 1. The predicted molar refractivity (Wildman–Crippen MR) is 93.2 cm³/mol. The van der Waals surface area contributed by atoms with Gasteiger partial charge in [-0.15, -0.1) is 11.8 Å². The van der Waals surface area contributed by atoms with E-state index in [2.05, 4.69) is 10.0 Å². The number of thioether (sulfide) groups is 1. The van der Waals surface area contributed by atoms with E-state index in [1.54, 1.807) is 12.1 Å². The van der Waals surface area contributed by atoms with Gasteiger partial charge in [0.05, 0.1) is 10.6 Å². The lowest BCUT2D eigenvalue weighted by atomic mass is 10.2. The van der Waals surface area contributed by atoms with Crippen molar-refractivity contribution in [2.45, 2.75) is 16.7 Å². The summed E-state index contributed by atoms with van der Waals surface area (Å²) in [5.41, 5.74) is 1.74. The molecule has 122 valence electrons. The fourth-order valence-corrected chi connectivity index (χ4v) is 3.24. The van der Waals surface area contributed by atoms with Crippen molar-refractivity contribution in [1.29, 1.82) is 0 Å². The molecule has 1 amide bonds. The number of carbonyl (C=O) groups is 1. The van der Waals surface area contributed by atoms with Crippen molar-refractivity contribution >= 4 is 33.4 Å². The van der Waals surface area contributed by atoms with E-state index in [0.29, 0.717) is 11.4 Å². The van der Waals surface area contributed by atoms with Crippen LogP contribution in [-0.4, -0.2) is 27.1 Å². The van der Waals surface area contributed by atoms with Crippen LogP contribution in [-0.2, 0) is 14.8 Å². The Labute approximate surface area is 140 Å². The first kappa shape index (κ1) is 17.5. The number of carbonyl (C=O) groups excluding carboxylic acids is 1. The molecule has 0 unspecified atom stereocenters. The molecule has 0 aliphatic carbocycles. The molecule has 7 heteroatoms. The number of amides is 1. The lowest BCUT2D eigenvalue weighted by Crippen LogP contribution is -2.18. The zero-order chi connectivity index (χ0) is 16.9. The van der Waals surface area contributed by atoms with Crippen LogP contribution in [0.5, 0.6) is 0 Å². The number of anilines is 1. The van der Waals surface area contributed by atoms with E-state index in [0.717, 1.165) is 4.90 Å². The molecular weight excluding hydrogens is 332 g/mol. The molecule has 0 bridgehead atoms. The van der Waals surface area contributed by atoms with Crippen molar-refractivity contribution < 1.29 is 13.2 Å². The summed E-state index contributed by atoms with van der Waals surface area (Å²) in [6.07, 6.45) is 0. The third-order valence-electron chi connectivity index (χ3n) is 3.11. The van der Waals surface area contributed by atoms with Crippen molar-refractivity contribution in [2.24, 2.45) is 0 Å². The summed E-state index contributed by atoms with van der Waals surface area (Å²) in [7, 11) is -2.11. The second-order valence-corrected chi connectivity index (χ2v) is 7.82. The highest BCUT2D eigenvalue weighted by Crippen LogP contribution is 2.19. The third-order valence-corrected chi connectivity index (χ3v) is 5.55. The molecule has 0 aliphatic heterocycles. The van der Waals surface area contributed by atoms with Crippen LogP contribution in [0.2, 0.25) is 0 Å². The van der Waals surface area contributed by atoms with Crippen LogP contribution in [0.4, 0.5) is 5.69 Å². The van der Waals surface area contributed by atoms with Gasteiger partial charge in [-0.2, -0.15) is 0 Å². The van der Waals surface area contributed by atoms with Gasteiger partial charge >= 0.3 is 0 Å². The van der Waals surface area contributed by atoms with Gasteiger partial charge in [0.25, 0.3) is 0 Å². The van der Waals surface area contributed by atoms with Gasteiger partial charge in [-0.05, 0) is 50.4 Å². The Hall–Kier alpha value is -1.83. The van der Waals surface area contributed by atoms with Crippen molar-refractivity contribution in [2.75, 3.05) is 18.1 Å². The molecule has 2 rings (SSSR count). The van der Waals surface area contributed by atoms with E-state index in [9.17, 15) is 13.2 Å². The van der Waals surface area contributed by atoms with Gasteiger partial charge in [0.1, 0.15) is 0 Å². The van der Waals surface area contributed by atoms with E-state index in [4.69, 9.17) is 0 Å². The SMILES string of the molecule is CNS(=O)(=O)c1ccc(NC(=O)CSc2ccc(C)cc2)cc1. The first-order chi connectivity index (χ1) is 10.9. The molecule has 23 heavy (non-hydrogen) atoms.